The highest BCUT2D eigenvalue weighted by atomic mass is 16.5. The summed E-state index contributed by atoms with van der Waals surface area (Å²) >= 11 is 0. The number of hydrogen-bond acceptors (Lipinski definition) is 3. The third kappa shape index (κ3) is 3.24. The summed E-state index contributed by atoms with van der Waals surface area (Å²) < 4.78 is 4.95. The van der Waals surface area contributed by atoms with Crippen LogP contribution in [0.5, 0.6) is 0 Å². The summed E-state index contributed by atoms with van der Waals surface area (Å²) in [5.41, 5.74) is 1.41. The van der Waals surface area contributed by atoms with Crippen LogP contribution in [0.3, 0.4) is 0 Å². The minimum atomic E-state index is -0.776. The van der Waals surface area contributed by atoms with Crippen molar-refractivity contribution in [3.63, 3.8) is 0 Å². The number of guanidine groups is 1. The lowest BCUT2D eigenvalue weighted by Gasteiger charge is -2.22. The largest absolute Gasteiger partial charge is 0.383 e. The molecule has 0 saturated carbocycles. The number of hydrogen-bond donors (Lipinski definition) is 2. The van der Waals surface area contributed by atoms with Crippen molar-refractivity contribution in [1.82, 2.24) is 10.6 Å². The second kappa shape index (κ2) is 6.26. The zero-order chi connectivity index (χ0) is 15.5. The van der Waals surface area contributed by atoms with Gasteiger partial charge in [0.2, 0.25) is 0 Å². The van der Waals surface area contributed by atoms with Crippen LogP contribution in [0.1, 0.15) is 37.8 Å². The molecule has 1 heterocycles. The Morgan fingerprint density at radius 3 is 2.52 bits per heavy atom. The maximum atomic E-state index is 12.3. The maximum Gasteiger partial charge on any atom is 0.256 e. The molecule has 1 aliphatic rings. The molecule has 1 atom stereocenters. The molecule has 0 aliphatic carbocycles. The Morgan fingerprint density at radius 1 is 1.29 bits per heavy atom. The predicted molar refractivity (Wildman–Crippen MR) is 83.3 cm³/mol. The van der Waals surface area contributed by atoms with E-state index in [9.17, 15) is 4.79 Å². The van der Waals surface area contributed by atoms with E-state index in [-0.39, 0.29) is 5.91 Å². The van der Waals surface area contributed by atoms with Gasteiger partial charge in [-0.05, 0) is 24.0 Å². The van der Waals surface area contributed by atoms with Crippen molar-refractivity contribution < 1.29 is 9.53 Å². The summed E-state index contributed by atoms with van der Waals surface area (Å²) in [5, 5.41) is 5.96. The number of ether oxygens (including phenoxy) is 1. The molecule has 2 rings (SSSR count). The third-order valence-corrected chi connectivity index (χ3v) is 3.77. The van der Waals surface area contributed by atoms with Gasteiger partial charge >= 0.3 is 0 Å². The van der Waals surface area contributed by atoms with Gasteiger partial charge in [-0.25, -0.2) is 0 Å². The minimum absolute atomic E-state index is 0.0871. The number of methoxy groups -OCH3 is 1. The van der Waals surface area contributed by atoms with Crippen molar-refractivity contribution in [3.05, 3.63) is 35.4 Å². The van der Waals surface area contributed by atoms with Gasteiger partial charge in [-0.2, -0.15) is 0 Å². The van der Waals surface area contributed by atoms with Gasteiger partial charge in [0.15, 0.2) is 5.96 Å². The van der Waals surface area contributed by atoms with E-state index < -0.39 is 5.54 Å². The topological polar surface area (TPSA) is 62.7 Å². The minimum Gasteiger partial charge on any atom is -0.383 e. The van der Waals surface area contributed by atoms with Gasteiger partial charge in [-0.15, -0.1) is 0 Å². The van der Waals surface area contributed by atoms with Gasteiger partial charge in [0.05, 0.1) is 13.2 Å². The summed E-state index contributed by atoms with van der Waals surface area (Å²) in [6.07, 6.45) is 0. The van der Waals surface area contributed by atoms with Gasteiger partial charge in [-0.3, -0.25) is 15.1 Å². The van der Waals surface area contributed by atoms with Crippen molar-refractivity contribution in [2.45, 2.75) is 32.2 Å². The van der Waals surface area contributed by atoms with Gasteiger partial charge in [0, 0.05) is 7.11 Å². The molecular formula is C16H23N3O2. The first-order valence-electron chi connectivity index (χ1n) is 7.21. The second-order valence-corrected chi connectivity index (χ2v) is 5.70. The van der Waals surface area contributed by atoms with E-state index in [1.165, 1.54) is 5.56 Å². The molecule has 5 nitrogen and oxygen atoms in total. The highest BCUT2D eigenvalue weighted by Gasteiger charge is 2.42. The highest BCUT2D eigenvalue weighted by molar-refractivity contribution is 6.09. The fourth-order valence-corrected chi connectivity index (χ4v) is 2.29. The molecule has 114 valence electrons. The Morgan fingerprint density at radius 2 is 1.95 bits per heavy atom. The number of nitrogens with one attached hydrogen (secondary N) is 2. The molecule has 1 unspecified atom stereocenters. The molecule has 0 radical (unpaired) electrons. The number of benzene rings is 1. The second-order valence-electron chi connectivity index (χ2n) is 5.70. The summed E-state index contributed by atoms with van der Waals surface area (Å²) in [6, 6.07) is 8.14. The van der Waals surface area contributed by atoms with Crippen LogP contribution in [0.15, 0.2) is 29.3 Å². The van der Waals surface area contributed by atoms with Gasteiger partial charge in [-0.1, -0.05) is 38.1 Å². The summed E-state index contributed by atoms with van der Waals surface area (Å²) in [5.74, 6) is 0.895. The Labute approximate surface area is 125 Å². The van der Waals surface area contributed by atoms with Crippen LogP contribution in [0.25, 0.3) is 0 Å². The number of carbonyl (C=O) groups is 1. The maximum absolute atomic E-state index is 12.3. The Bertz CT molecular complexity index is 537. The van der Waals surface area contributed by atoms with Crippen molar-refractivity contribution in [3.8, 4) is 0 Å². The van der Waals surface area contributed by atoms with Crippen molar-refractivity contribution in [1.29, 1.82) is 0 Å². The molecule has 1 aromatic rings. The van der Waals surface area contributed by atoms with E-state index in [1.54, 1.807) is 7.11 Å². The molecule has 0 spiro atoms. The van der Waals surface area contributed by atoms with Crippen LogP contribution in [-0.2, 0) is 15.1 Å². The van der Waals surface area contributed by atoms with E-state index in [0.717, 1.165) is 5.56 Å². The summed E-state index contributed by atoms with van der Waals surface area (Å²) in [7, 11) is 1.63. The van der Waals surface area contributed by atoms with E-state index >= 15 is 0 Å². The van der Waals surface area contributed by atoms with Crippen LogP contribution in [0, 0.1) is 0 Å². The van der Waals surface area contributed by atoms with E-state index in [4.69, 9.17) is 4.74 Å². The van der Waals surface area contributed by atoms with Gasteiger partial charge in [0.25, 0.3) is 5.91 Å². The van der Waals surface area contributed by atoms with Crippen molar-refractivity contribution in [2.24, 2.45) is 4.99 Å². The zero-order valence-corrected chi connectivity index (χ0v) is 13.1. The van der Waals surface area contributed by atoms with Crippen LogP contribution in [-0.4, -0.2) is 32.1 Å². The number of amides is 1. The number of rotatable bonds is 5. The van der Waals surface area contributed by atoms with E-state index in [2.05, 4.69) is 41.6 Å². The lowest BCUT2D eigenvalue weighted by atomic mass is 9.90. The first-order valence-corrected chi connectivity index (χ1v) is 7.21. The van der Waals surface area contributed by atoms with Crippen LogP contribution >= 0.6 is 0 Å². The normalized spacial score (nSPS) is 23.5. The van der Waals surface area contributed by atoms with Crippen LogP contribution in [0.2, 0.25) is 0 Å². The summed E-state index contributed by atoms with van der Waals surface area (Å²) in [6.45, 7) is 7.21. The van der Waals surface area contributed by atoms with Gasteiger partial charge < -0.3 is 10.1 Å². The standard InChI is InChI=1S/C16H23N3O2/c1-11(2)12-5-7-13(8-6-12)16(3)14(20)18-15(19-16)17-9-10-21-4/h5-8,11H,9-10H2,1-4H3,(H2,17,18,19,20). The molecular weight excluding hydrogens is 266 g/mol. The molecule has 0 aromatic heterocycles. The predicted octanol–water partition coefficient (Wildman–Crippen LogP) is 1.75. The molecule has 1 aliphatic heterocycles. The molecule has 2 N–H and O–H groups in total. The lowest BCUT2D eigenvalue weighted by molar-refractivity contribution is -0.123. The van der Waals surface area contributed by atoms with Gasteiger partial charge in [0.1, 0.15) is 5.54 Å². The fourth-order valence-electron chi connectivity index (χ4n) is 2.29. The molecule has 21 heavy (non-hydrogen) atoms. The number of aliphatic imine (C=N–C) groups is 1. The zero-order valence-electron chi connectivity index (χ0n) is 13.1. The Balaban J connectivity index is 2.18. The lowest BCUT2D eigenvalue weighted by Crippen LogP contribution is -2.40. The summed E-state index contributed by atoms with van der Waals surface area (Å²) in [4.78, 5) is 16.6. The van der Waals surface area contributed by atoms with E-state index in [1.807, 2.05) is 19.1 Å². The molecule has 1 amide bonds. The smallest absolute Gasteiger partial charge is 0.256 e. The van der Waals surface area contributed by atoms with Crippen molar-refractivity contribution in [2.75, 3.05) is 20.3 Å². The molecule has 1 fully saturated rings. The van der Waals surface area contributed by atoms with E-state index in [0.29, 0.717) is 25.0 Å². The fraction of sp³-hybridized carbons (Fsp3) is 0.500. The molecule has 5 heteroatoms. The monoisotopic (exact) mass is 289 g/mol. The highest BCUT2D eigenvalue weighted by Crippen LogP contribution is 2.26. The molecule has 1 aromatic carbocycles. The van der Waals surface area contributed by atoms with Crippen LogP contribution in [0.4, 0.5) is 0 Å². The average molecular weight is 289 g/mol. The SMILES string of the molecule is COCCN=C1NC(=O)C(C)(c2ccc(C(C)C)cc2)N1. The number of carbonyl (C=O) groups excluding carboxylic acids is 1. The Kier molecular flexibility index (Phi) is 4.63. The third-order valence-electron chi connectivity index (χ3n) is 3.77. The molecule has 1 saturated heterocycles. The molecule has 0 bridgehead atoms. The quantitative estimate of drug-likeness (QED) is 0.812. The first kappa shape index (κ1) is 15.5. The Hall–Kier alpha value is -1.88. The number of nitrogens with zero attached hydrogens (tertiary/aromatic N) is 1. The van der Waals surface area contributed by atoms with Crippen molar-refractivity contribution >= 4 is 11.9 Å². The van der Waals surface area contributed by atoms with Crippen LogP contribution < -0.4 is 10.6 Å². The first-order chi connectivity index (χ1) is 9.97. The average Bonchev–Trinajstić information content (AvgIpc) is 2.75.